The molecule has 0 aromatic carbocycles. The van der Waals surface area contributed by atoms with E-state index in [4.69, 9.17) is 5.73 Å². The topological polar surface area (TPSA) is 75.4 Å². The second-order valence-electron chi connectivity index (χ2n) is 6.92. The monoisotopic (exact) mass is 279 g/mol. The zero-order valence-electron chi connectivity index (χ0n) is 12.2. The molecular formula is C15H25N3O2. The Balaban J connectivity index is 1.77. The van der Waals surface area contributed by atoms with E-state index in [1.54, 1.807) is 0 Å². The van der Waals surface area contributed by atoms with Crippen molar-refractivity contribution in [2.45, 2.75) is 57.0 Å². The number of hydrogen-bond donors (Lipinski definition) is 2. The molecule has 3 fully saturated rings. The van der Waals surface area contributed by atoms with Crippen LogP contribution in [0, 0.1) is 11.8 Å². The van der Waals surface area contributed by atoms with Crippen molar-refractivity contribution in [3.05, 3.63) is 0 Å². The first-order chi connectivity index (χ1) is 9.51. The van der Waals surface area contributed by atoms with E-state index in [1.165, 1.54) is 6.42 Å². The van der Waals surface area contributed by atoms with E-state index in [-0.39, 0.29) is 23.8 Å². The molecule has 1 aliphatic carbocycles. The van der Waals surface area contributed by atoms with Crippen LogP contribution in [0.4, 0.5) is 0 Å². The third kappa shape index (κ3) is 2.22. The molecule has 0 spiro atoms. The largest absolute Gasteiger partial charge is 0.354 e. The Morgan fingerprint density at radius 3 is 2.95 bits per heavy atom. The smallest absolute Gasteiger partial charge is 0.242 e. The maximum absolute atomic E-state index is 12.9. The van der Waals surface area contributed by atoms with Crippen molar-refractivity contribution in [2.24, 2.45) is 17.6 Å². The summed E-state index contributed by atoms with van der Waals surface area (Å²) in [5.41, 5.74) is 5.74. The lowest BCUT2D eigenvalue weighted by molar-refractivity contribution is -0.144. The minimum Gasteiger partial charge on any atom is -0.354 e. The molecule has 5 nitrogen and oxygen atoms in total. The summed E-state index contributed by atoms with van der Waals surface area (Å²) < 4.78 is 0. The van der Waals surface area contributed by atoms with Crippen LogP contribution < -0.4 is 11.1 Å². The van der Waals surface area contributed by atoms with E-state index < -0.39 is 5.54 Å². The highest BCUT2D eigenvalue weighted by Gasteiger charge is 2.48. The van der Waals surface area contributed by atoms with Crippen molar-refractivity contribution in [2.75, 3.05) is 13.1 Å². The molecule has 0 bridgehead atoms. The van der Waals surface area contributed by atoms with Crippen LogP contribution in [0.5, 0.6) is 0 Å². The van der Waals surface area contributed by atoms with Gasteiger partial charge in [0.15, 0.2) is 0 Å². The number of carbonyl (C=O) groups excluding carboxylic acids is 2. The van der Waals surface area contributed by atoms with E-state index in [0.717, 1.165) is 38.6 Å². The van der Waals surface area contributed by atoms with Gasteiger partial charge < -0.3 is 16.0 Å². The first-order valence-corrected chi connectivity index (χ1v) is 7.89. The number of nitrogens with zero attached hydrogens (tertiary/aromatic N) is 1. The van der Waals surface area contributed by atoms with Gasteiger partial charge in [0.05, 0.1) is 17.5 Å². The lowest BCUT2D eigenvalue weighted by Gasteiger charge is -2.43. The molecule has 4 atom stereocenters. The lowest BCUT2D eigenvalue weighted by Crippen LogP contribution is -2.61. The molecule has 5 heteroatoms. The van der Waals surface area contributed by atoms with E-state index in [9.17, 15) is 9.59 Å². The summed E-state index contributed by atoms with van der Waals surface area (Å²) in [6.07, 6.45) is 5.56. The summed E-state index contributed by atoms with van der Waals surface area (Å²) in [5, 5.41) is 2.90. The maximum atomic E-state index is 12.9. The molecule has 20 heavy (non-hydrogen) atoms. The predicted molar refractivity (Wildman–Crippen MR) is 75.8 cm³/mol. The summed E-state index contributed by atoms with van der Waals surface area (Å²) in [6, 6.07) is 0.0291. The van der Waals surface area contributed by atoms with Crippen molar-refractivity contribution in [3.8, 4) is 0 Å². The van der Waals surface area contributed by atoms with Gasteiger partial charge >= 0.3 is 0 Å². The van der Waals surface area contributed by atoms with Gasteiger partial charge in [-0.15, -0.1) is 0 Å². The van der Waals surface area contributed by atoms with Crippen molar-refractivity contribution >= 4 is 11.8 Å². The third-order valence-electron chi connectivity index (χ3n) is 5.32. The molecule has 2 heterocycles. The Bertz CT molecular complexity index is 425. The number of carbonyl (C=O) groups is 2. The molecule has 2 aliphatic heterocycles. The first-order valence-electron chi connectivity index (χ1n) is 7.89. The predicted octanol–water partition coefficient (Wildman–Crippen LogP) is 0.631. The van der Waals surface area contributed by atoms with E-state index >= 15 is 0 Å². The first kappa shape index (κ1) is 13.9. The van der Waals surface area contributed by atoms with E-state index in [2.05, 4.69) is 12.2 Å². The van der Waals surface area contributed by atoms with Gasteiger partial charge in [0.1, 0.15) is 0 Å². The number of nitrogens with one attached hydrogen (secondary N) is 1. The number of nitrogens with two attached hydrogens (primary N) is 1. The minimum atomic E-state index is -0.703. The fourth-order valence-corrected chi connectivity index (χ4v) is 4.28. The zero-order chi connectivity index (χ0) is 14.3. The molecule has 3 rings (SSSR count). The highest BCUT2D eigenvalue weighted by Crippen LogP contribution is 2.35. The van der Waals surface area contributed by atoms with Crippen molar-refractivity contribution < 1.29 is 9.59 Å². The van der Waals surface area contributed by atoms with Crippen LogP contribution in [-0.2, 0) is 9.59 Å². The van der Waals surface area contributed by atoms with E-state index in [0.29, 0.717) is 12.5 Å². The molecule has 3 N–H and O–H groups in total. The number of fused-ring (bicyclic) bond motifs is 1. The molecule has 3 aliphatic rings. The molecule has 4 unspecified atom stereocenters. The fourth-order valence-electron chi connectivity index (χ4n) is 4.28. The maximum Gasteiger partial charge on any atom is 0.242 e. The molecule has 0 aromatic heterocycles. The van der Waals surface area contributed by atoms with Crippen LogP contribution in [0.15, 0.2) is 0 Å². The van der Waals surface area contributed by atoms with Crippen LogP contribution in [-0.4, -0.2) is 41.4 Å². The average molecular weight is 279 g/mol. The minimum absolute atomic E-state index is 0.0164. The van der Waals surface area contributed by atoms with Crippen molar-refractivity contribution in [1.82, 2.24) is 10.2 Å². The van der Waals surface area contributed by atoms with Gasteiger partial charge in [-0.1, -0.05) is 19.8 Å². The standard InChI is InChI=1S/C15H25N3O2/c1-10-4-2-6-15(16,8-10)14(20)18-7-3-5-11-12(18)9-17-13(11)19/h10-12H,2-9,16H2,1H3,(H,17,19). The number of likely N-dealkylation sites (tertiary alicyclic amines) is 1. The summed E-state index contributed by atoms with van der Waals surface area (Å²) in [5.74, 6) is 0.685. The molecule has 1 saturated carbocycles. The van der Waals surface area contributed by atoms with Crippen molar-refractivity contribution in [1.29, 1.82) is 0 Å². The second-order valence-corrected chi connectivity index (χ2v) is 6.92. The van der Waals surface area contributed by atoms with Gasteiger partial charge in [-0.2, -0.15) is 0 Å². The Morgan fingerprint density at radius 2 is 2.20 bits per heavy atom. The van der Waals surface area contributed by atoms with Gasteiger partial charge in [-0.05, 0) is 31.6 Å². The Hall–Kier alpha value is -1.10. The summed E-state index contributed by atoms with van der Waals surface area (Å²) in [6.45, 7) is 3.52. The van der Waals surface area contributed by atoms with Crippen LogP contribution in [0.2, 0.25) is 0 Å². The normalized spacial score (nSPS) is 41.2. The molecule has 112 valence electrons. The van der Waals surface area contributed by atoms with Crippen molar-refractivity contribution in [3.63, 3.8) is 0 Å². The Kier molecular flexibility index (Phi) is 3.48. The number of piperidine rings is 1. The number of hydrogen-bond acceptors (Lipinski definition) is 3. The van der Waals surface area contributed by atoms with Crippen LogP contribution >= 0.6 is 0 Å². The Labute approximate surface area is 120 Å². The van der Waals surface area contributed by atoms with E-state index in [1.807, 2.05) is 4.90 Å². The highest BCUT2D eigenvalue weighted by atomic mass is 16.2. The quantitative estimate of drug-likeness (QED) is 0.739. The van der Waals surface area contributed by atoms with Gasteiger partial charge in [0.2, 0.25) is 11.8 Å². The molecule has 0 radical (unpaired) electrons. The average Bonchev–Trinajstić information content (AvgIpc) is 2.80. The fraction of sp³-hybridized carbons (Fsp3) is 0.867. The molecule has 2 amide bonds. The summed E-state index contributed by atoms with van der Waals surface area (Å²) in [7, 11) is 0. The van der Waals surface area contributed by atoms with Gasteiger partial charge in [0, 0.05) is 13.1 Å². The molecule has 2 saturated heterocycles. The van der Waals surface area contributed by atoms with Crippen LogP contribution in [0.3, 0.4) is 0 Å². The second kappa shape index (κ2) is 5.02. The summed E-state index contributed by atoms with van der Waals surface area (Å²) in [4.78, 5) is 26.6. The SMILES string of the molecule is CC1CCCC(N)(C(=O)N2CCCC3C(=O)NCC32)C1. The summed E-state index contributed by atoms with van der Waals surface area (Å²) >= 11 is 0. The van der Waals surface area contributed by atoms with Crippen LogP contribution in [0.1, 0.15) is 45.4 Å². The van der Waals surface area contributed by atoms with Gasteiger partial charge in [-0.3, -0.25) is 9.59 Å². The van der Waals surface area contributed by atoms with Crippen LogP contribution in [0.25, 0.3) is 0 Å². The van der Waals surface area contributed by atoms with Gasteiger partial charge in [-0.25, -0.2) is 0 Å². The highest BCUT2D eigenvalue weighted by molar-refractivity contribution is 5.89. The van der Waals surface area contributed by atoms with Gasteiger partial charge in [0.25, 0.3) is 0 Å². The number of amides is 2. The third-order valence-corrected chi connectivity index (χ3v) is 5.32. The zero-order valence-corrected chi connectivity index (χ0v) is 12.2. The lowest BCUT2D eigenvalue weighted by atomic mass is 9.75. The molecule has 0 aromatic rings. The molecular weight excluding hydrogens is 254 g/mol. The Morgan fingerprint density at radius 1 is 1.40 bits per heavy atom. The number of rotatable bonds is 1.